The summed E-state index contributed by atoms with van der Waals surface area (Å²) in [6.45, 7) is 1.66. The summed E-state index contributed by atoms with van der Waals surface area (Å²) < 4.78 is 22.9. The summed E-state index contributed by atoms with van der Waals surface area (Å²) >= 11 is 0. The number of nitrogens with two attached hydrogens (primary N) is 1. The first-order chi connectivity index (χ1) is 6.06. The first kappa shape index (κ1) is 9.80. The third kappa shape index (κ3) is 2.32. The van der Waals surface area contributed by atoms with Gasteiger partial charge in [0.2, 0.25) is 0 Å². The zero-order chi connectivity index (χ0) is 9.90. The Kier molecular flexibility index (Phi) is 2.72. The van der Waals surface area contributed by atoms with Crippen LogP contribution in [0.3, 0.4) is 0 Å². The van der Waals surface area contributed by atoms with Gasteiger partial charge in [-0.2, -0.15) is 0 Å². The molecule has 0 aromatic heterocycles. The quantitative estimate of drug-likeness (QED) is 0.732. The Morgan fingerprint density at radius 1 is 1.38 bits per heavy atom. The first-order valence-electron chi connectivity index (χ1n) is 3.79. The van der Waals surface area contributed by atoms with Gasteiger partial charge >= 0.3 is 0 Å². The zero-order valence-corrected chi connectivity index (χ0v) is 8.08. The van der Waals surface area contributed by atoms with Crippen LogP contribution in [-0.4, -0.2) is 8.42 Å². The fraction of sp³-hybridized carbons (Fsp3) is 0.111. The largest absolute Gasteiger partial charge is 0.399 e. The average molecular weight is 197 g/mol. The molecule has 0 radical (unpaired) electrons. The molecule has 0 atom stereocenters. The molecule has 0 saturated heterocycles. The molecule has 0 unspecified atom stereocenters. The molecule has 1 aromatic rings. The number of anilines is 1. The molecule has 2 N–H and O–H groups in total. The van der Waals surface area contributed by atoms with Gasteiger partial charge in [-0.25, -0.2) is 8.42 Å². The van der Waals surface area contributed by atoms with Crippen molar-refractivity contribution in [3.63, 3.8) is 0 Å². The van der Waals surface area contributed by atoms with Crippen molar-refractivity contribution in [2.24, 2.45) is 0 Å². The van der Waals surface area contributed by atoms with Gasteiger partial charge in [-0.05, 0) is 25.1 Å². The van der Waals surface area contributed by atoms with Crippen molar-refractivity contribution >= 4 is 15.5 Å². The molecule has 1 rings (SSSR count). The van der Waals surface area contributed by atoms with Gasteiger partial charge in [-0.3, -0.25) is 0 Å². The summed E-state index contributed by atoms with van der Waals surface area (Å²) in [7, 11) is -3.29. The molecule has 0 heterocycles. The van der Waals surface area contributed by atoms with Gasteiger partial charge in [0, 0.05) is 11.1 Å². The van der Waals surface area contributed by atoms with E-state index in [-0.39, 0.29) is 4.90 Å². The third-order valence-corrected chi connectivity index (χ3v) is 3.04. The van der Waals surface area contributed by atoms with Crippen LogP contribution in [0.5, 0.6) is 0 Å². The molecular formula is C9H11NO2S. The van der Waals surface area contributed by atoms with Crippen LogP contribution < -0.4 is 5.73 Å². The normalized spacial score (nSPS) is 12.1. The predicted molar refractivity (Wildman–Crippen MR) is 52.9 cm³/mol. The van der Waals surface area contributed by atoms with Crippen molar-refractivity contribution in [1.82, 2.24) is 0 Å². The lowest BCUT2D eigenvalue weighted by molar-refractivity contribution is 0.604. The summed E-state index contributed by atoms with van der Waals surface area (Å²) in [6, 6.07) is 6.22. The molecule has 0 amide bonds. The minimum absolute atomic E-state index is 0.227. The van der Waals surface area contributed by atoms with Crippen molar-refractivity contribution in [2.75, 3.05) is 5.73 Å². The highest BCUT2D eigenvalue weighted by Gasteiger charge is 2.08. The highest BCUT2D eigenvalue weighted by atomic mass is 32.2. The standard InChI is InChI=1S/C9H11NO2S/c1-2-6-13(11,12)9-5-3-4-8(10)7-9/h2-7H,10H2,1H3/b6-2+. The molecule has 70 valence electrons. The van der Waals surface area contributed by atoms with Crippen LogP contribution in [0.1, 0.15) is 6.92 Å². The van der Waals surface area contributed by atoms with Crippen LogP contribution in [0.15, 0.2) is 40.6 Å². The smallest absolute Gasteiger partial charge is 0.199 e. The number of benzene rings is 1. The Morgan fingerprint density at radius 3 is 2.62 bits per heavy atom. The topological polar surface area (TPSA) is 60.2 Å². The minimum atomic E-state index is -3.29. The van der Waals surface area contributed by atoms with Crippen LogP contribution in [-0.2, 0) is 9.84 Å². The van der Waals surface area contributed by atoms with Crippen molar-refractivity contribution in [1.29, 1.82) is 0 Å². The lowest BCUT2D eigenvalue weighted by Crippen LogP contribution is -1.97. The van der Waals surface area contributed by atoms with E-state index in [2.05, 4.69) is 0 Å². The molecule has 13 heavy (non-hydrogen) atoms. The van der Waals surface area contributed by atoms with E-state index in [9.17, 15) is 8.42 Å². The van der Waals surface area contributed by atoms with Gasteiger partial charge in [0.05, 0.1) is 4.90 Å². The molecule has 3 nitrogen and oxygen atoms in total. The minimum Gasteiger partial charge on any atom is -0.399 e. The number of allylic oxidation sites excluding steroid dienone is 1. The lowest BCUT2D eigenvalue weighted by atomic mass is 10.3. The van der Waals surface area contributed by atoms with Crippen LogP contribution in [0.25, 0.3) is 0 Å². The highest BCUT2D eigenvalue weighted by molar-refractivity contribution is 7.94. The molecule has 0 fully saturated rings. The Bertz CT molecular complexity index is 421. The Hall–Kier alpha value is -1.29. The van der Waals surface area contributed by atoms with Crippen molar-refractivity contribution < 1.29 is 8.42 Å². The molecule has 0 spiro atoms. The summed E-state index contributed by atoms with van der Waals surface area (Å²) in [4.78, 5) is 0.227. The Morgan fingerprint density at radius 2 is 2.08 bits per heavy atom. The van der Waals surface area contributed by atoms with Gasteiger partial charge in [0.1, 0.15) is 0 Å². The Balaban J connectivity index is 3.23. The summed E-state index contributed by atoms with van der Waals surface area (Å²) in [5.74, 6) is 0. The van der Waals surface area contributed by atoms with E-state index in [4.69, 9.17) is 5.73 Å². The van der Waals surface area contributed by atoms with Crippen molar-refractivity contribution in [3.8, 4) is 0 Å². The van der Waals surface area contributed by atoms with Crippen molar-refractivity contribution in [3.05, 3.63) is 35.7 Å². The van der Waals surface area contributed by atoms with Crippen molar-refractivity contribution in [2.45, 2.75) is 11.8 Å². The van der Waals surface area contributed by atoms with Gasteiger partial charge < -0.3 is 5.73 Å². The summed E-state index contributed by atoms with van der Waals surface area (Å²) in [5.41, 5.74) is 5.91. The van der Waals surface area contributed by atoms with Gasteiger partial charge in [0.25, 0.3) is 0 Å². The van der Waals surface area contributed by atoms with Gasteiger partial charge in [-0.15, -0.1) is 0 Å². The van der Waals surface area contributed by atoms with Gasteiger partial charge in [-0.1, -0.05) is 12.1 Å². The highest BCUT2D eigenvalue weighted by Crippen LogP contribution is 2.14. The van der Waals surface area contributed by atoms with Gasteiger partial charge in [0.15, 0.2) is 9.84 Å². The van der Waals surface area contributed by atoms with E-state index in [0.717, 1.165) is 5.41 Å². The SMILES string of the molecule is C/C=C/S(=O)(=O)c1cccc(N)c1. The van der Waals surface area contributed by atoms with E-state index in [0.29, 0.717) is 5.69 Å². The second-order valence-electron chi connectivity index (χ2n) is 2.59. The fourth-order valence-corrected chi connectivity index (χ4v) is 2.03. The maximum atomic E-state index is 11.4. The monoisotopic (exact) mass is 197 g/mol. The molecule has 0 bridgehead atoms. The fourth-order valence-electron chi connectivity index (χ4n) is 0.949. The summed E-state index contributed by atoms with van der Waals surface area (Å²) in [5, 5.41) is 1.15. The predicted octanol–water partition coefficient (Wildman–Crippen LogP) is 1.58. The Labute approximate surface area is 77.8 Å². The zero-order valence-electron chi connectivity index (χ0n) is 7.27. The van der Waals surface area contributed by atoms with E-state index < -0.39 is 9.84 Å². The molecular weight excluding hydrogens is 186 g/mol. The first-order valence-corrected chi connectivity index (χ1v) is 5.34. The van der Waals surface area contributed by atoms with Crippen LogP contribution in [0.2, 0.25) is 0 Å². The molecule has 0 aliphatic carbocycles. The number of sulfone groups is 1. The molecule has 0 saturated carbocycles. The number of hydrogen-bond donors (Lipinski definition) is 1. The van der Waals surface area contributed by atoms with Crippen LogP contribution in [0, 0.1) is 0 Å². The molecule has 0 aliphatic heterocycles. The molecule has 0 aliphatic rings. The second-order valence-corrected chi connectivity index (χ2v) is 4.42. The van der Waals surface area contributed by atoms with Crippen LogP contribution in [0.4, 0.5) is 5.69 Å². The van der Waals surface area contributed by atoms with E-state index in [1.54, 1.807) is 19.1 Å². The number of hydrogen-bond acceptors (Lipinski definition) is 3. The average Bonchev–Trinajstić information content (AvgIpc) is 2.04. The van der Waals surface area contributed by atoms with E-state index in [1.165, 1.54) is 18.2 Å². The molecule has 4 heteroatoms. The third-order valence-electron chi connectivity index (χ3n) is 1.50. The lowest BCUT2D eigenvalue weighted by Gasteiger charge is -1.99. The second kappa shape index (κ2) is 3.62. The number of rotatable bonds is 2. The maximum absolute atomic E-state index is 11.4. The van der Waals surface area contributed by atoms with E-state index >= 15 is 0 Å². The molecule has 1 aromatic carbocycles. The van der Waals surface area contributed by atoms with Crippen LogP contribution >= 0.6 is 0 Å². The summed E-state index contributed by atoms with van der Waals surface area (Å²) in [6.07, 6.45) is 1.48. The number of nitrogen functional groups attached to an aromatic ring is 1. The maximum Gasteiger partial charge on any atom is 0.199 e. The van der Waals surface area contributed by atoms with E-state index in [1.807, 2.05) is 0 Å².